The lowest BCUT2D eigenvalue weighted by atomic mass is 10.0. The summed E-state index contributed by atoms with van der Waals surface area (Å²) >= 11 is 0. The molecule has 1 aliphatic heterocycles. The van der Waals surface area contributed by atoms with Gasteiger partial charge in [-0.05, 0) is 59.7 Å². The maximum absolute atomic E-state index is 14.3. The summed E-state index contributed by atoms with van der Waals surface area (Å²) in [6, 6.07) is 9.53. The van der Waals surface area contributed by atoms with Crippen molar-refractivity contribution in [1.82, 2.24) is 14.6 Å². The molecule has 38 heavy (non-hydrogen) atoms. The summed E-state index contributed by atoms with van der Waals surface area (Å²) in [6.07, 6.45) is -5.44. The van der Waals surface area contributed by atoms with Crippen molar-refractivity contribution in [2.24, 2.45) is 0 Å². The minimum absolute atomic E-state index is 0.102. The van der Waals surface area contributed by atoms with Gasteiger partial charge in [-0.1, -0.05) is 6.07 Å². The highest BCUT2D eigenvalue weighted by atomic mass is 32.2. The average molecular weight is 556 g/mol. The van der Waals surface area contributed by atoms with E-state index in [4.69, 9.17) is 4.74 Å². The van der Waals surface area contributed by atoms with E-state index in [9.17, 15) is 35.2 Å². The van der Waals surface area contributed by atoms with Crippen molar-refractivity contribution in [2.75, 3.05) is 13.7 Å². The maximum atomic E-state index is 14.3. The predicted octanol–water partition coefficient (Wildman–Crippen LogP) is 4.33. The number of benzene rings is 2. The van der Waals surface area contributed by atoms with Crippen molar-refractivity contribution in [3.8, 4) is 16.9 Å². The number of sulfonamides is 1. The summed E-state index contributed by atoms with van der Waals surface area (Å²) in [4.78, 5) is 16.1. The van der Waals surface area contributed by atoms with E-state index in [-0.39, 0.29) is 17.9 Å². The first-order chi connectivity index (χ1) is 17.9. The molecule has 2 aromatic carbocycles. The van der Waals surface area contributed by atoms with Gasteiger partial charge in [-0.2, -0.15) is 17.5 Å². The van der Waals surface area contributed by atoms with E-state index >= 15 is 0 Å². The van der Waals surface area contributed by atoms with Crippen LogP contribution in [0.4, 0.5) is 22.0 Å². The monoisotopic (exact) mass is 555 g/mol. The van der Waals surface area contributed by atoms with Gasteiger partial charge in [0, 0.05) is 31.3 Å². The van der Waals surface area contributed by atoms with E-state index in [0.29, 0.717) is 22.4 Å². The molecule has 2 atom stereocenters. The van der Waals surface area contributed by atoms with Crippen molar-refractivity contribution in [2.45, 2.75) is 36.3 Å². The zero-order valence-electron chi connectivity index (χ0n) is 19.9. The summed E-state index contributed by atoms with van der Waals surface area (Å²) < 4.78 is 98.1. The first-order valence-corrected chi connectivity index (χ1v) is 12.7. The molecule has 0 spiro atoms. The number of nitrogens with one attached hydrogen (secondary N) is 1. The predicted molar refractivity (Wildman–Crippen MR) is 127 cm³/mol. The molecule has 0 saturated carbocycles. The van der Waals surface area contributed by atoms with Gasteiger partial charge < -0.3 is 10.1 Å². The zero-order valence-corrected chi connectivity index (χ0v) is 20.7. The molecule has 0 aliphatic carbocycles. The quantitative estimate of drug-likeness (QED) is 0.439. The smallest absolute Gasteiger partial charge is 0.433 e. The summed E-state index contributed by atoms with van der Waals surface area (Å²) in [5, 5.41) is 2.59. The highest BCUT2D eigenvalue weighted by molar-refractivity contribution is 7.89. The molecule has 7 nitrogen and oxygen atoms in total. The Balaban J connectivity index is 1.52. The largest absolute Gasteiger partial charge is 0.497 e. The molecule has 2 unspecified atom stereocenters. The third kappa shape index (κ3) is 5.94. The van der Waals surface area contributed by atoms with Gasteiger partial charge in [-0.3, -0.25) is 9.78 Å². The molecular weight excluding hydrogens is 533 g/mol. The number of halogens is 5. The van der Waals surface area contributed by atoms with Crippen LogP contribution < -0.4 is 10.1 Å². The van der Waals surface area contributed by atoms with E-state index < -0.39 is 52.4 Å². The second-order valence-corrected chi connectivity index (χ2v) is 10.5. The summed E-state index contributed by atoms with van der Waals surface area (Å²) in [6.45, 7) is -0.628. The van der Waals surface area contributed by atoms with Crippen molar-refractivity contribution < 1.29 is 39.9 Å². The van der Waals surface area contributed by atoms with Gasteiger partial charge in [-0.25, -0.2) is 17.2 Å². The number of pyridine rings is 1. The highest BCUT2D eigenvalue weighted by Crippen LogP contribution is 2.31. The molecule has 13 heteroatoms. The zero-order chi connectivity index (χ0) is 27.7. The molecule has 1 N–H and O–H groups in total. The minimum Gasteiger partial charge on any atom is -0.497 e. The molecule has 1 amide bonds. The number of carbonyl (C=O) groups excluding carboxylic acids is 1. The van der Waals surface area contributed by atoms with E-state index in [0.717, 1.165) is 40.8 Å². The molecule has 1 fully saturated rings. The number of amides is 1. The summed E-state index contributed by atoms with van der Waals surface area (Å²) in [7, 11) is -2.88. The molecule has 1 aliphatic rings. The van der Waals surface area contributed by atoms with Gasteiger partial charge in [0.1, 0.15) is 29.5 Å². The van der Waals surface area contributed by atoms with Crippen LogP contribution in [-0.4, -0.2) is 49.5 Å². The number of hydrogen-bond acceptors (Lipinski definition) is 5. The Kier molecular flexibility index (Phi) is 7.70. The van der Waals surface area contributed by atoms with Crippen LogP contribution in [0.3, 0.4) is 0 Å². The molecule has 202 valence electrons. The van der Waals surface area contributed by atoms with Crippen LogP contribution in [0.2, 0.25) is 0 Å². The fourth-order valence-electron chi connectivity index (χ4n) is 4.09. The van der Waals surface area contributed by atoms with Gasteiger partial charge in [-0.15, -0.1) is 0 Å². The minimum atomic E-state index is -4.58. The number of ether oxygens (including phenoxy) is 1. The number of aromatic nitrogens is 1. The third-order valence-electron chi connectivity index (χ3n) is 5.98. The highest BCUT2D eigenvalue weighted by Gasteiger charge is 2.44. The normalized spacial score (nSPS) is 18.4. The third-order valence-corrected chi connectivity index (χ3v) is 7.87. The van der Waals surface area contributed by atoms with E-state index in [1.165, 1.54) is 13.2 Å². The van der Waals surface area contributed by atoms with Gasteiger partial charge in [0.25, 0.3) is 0 Å². The number of carbonyl (C=O) groups is 1. The van der Waals surface area contributed by atoms with Crippen LogP contribution in [-0.2, 0) is 27.5 Å². The first-order valence-electron chi connectivity index (χ1n) is 11.3. The average Bonchev–Trinajstić information content (AvgIpc) is 3.29. The van der Waals surface area contributed by atoms with Gasteiger partial charge in [0.15, 0.2) is 0 Å². The second-order valence-electron chi connectivity index (χ2n) is 8.59. The van der Waals surface area contributed by atoms with E-state index in [1.54, 1.807) is 18.2 Å². The molecule has 1 saturated heterocycles. The lowest BCUT2D eigenvalue weighted by Crippen LogP contribution is -2.45. The van der Waals surface area contributed by atoms with Crippen molar-refractivity contribution in [3.63, 3.8) is 0 Å². The lowest BCUT2D eigenvalue weighted by Gasteiger charge is -2.23. The Morgan fingerprint density at radius 2 is 1.82 bits per heavy atom. The molecule has 3 aromatic rings. The molecule has 4 rings (SSSR count). The number of alkyl halides is 4. The fraction of sp³-hybridized carbons (Fsp3) is 0.280. The Bertz CT molecular complexity index is 1410. The van der Waals surface area contributed by atoms with Crippen LogP contribution in [0, 0.1) is 5.82 Å². The lowest BCUT2D eigenvalue weighted by molar-refractivity contribution is -0.141. The Morgan fingerprint density at radius 3 is 2.42 bits per heavy atom. The first kappa shape index (κ1) is 27.5. The van der Waals surface area contributed by atoms with Gasteiger partial charge in [0.2, 0.25) is 15.9 Å². The Morgan fingerprint density at radius 1 is 1.11 bits per heavy atom. The molecule has 0 radical (unpaired) electrons. The van der Waals surface area contributed by atoms with E-state index in [2.05, 4.69) is 10.3 Å². The van der Waals surface area contributed by atoms with Crippen LogP contribution in [0.15, 0.2) is 65.7 Å². The Hall–Kier alpha value is -3.58. The van der Waals surface area contributed by atoms with Gasteiger partial charge >= 0.3 is 6.18 Å². The molecule has 1 aromatic heterocycles. The SMILES string of the molecule is COc1cc(CNC(=O)C2CC(F)CN2S(=O)(=O)c2ccc(F)cc2)cc(-c2ccc(C(F)(F)F)nc2)c1. The fourth-order valence-corrected chi connectivity index (χ4v) is 5.71. The van der Waals surface area contributed by atoms with Crippen LogP contribution >= 0.6 is 0 Å². The van der Waals surface area contributed by atoms with Crippen LogP contribution in [0.1, 0.15) is 17.7 Å². The Labute approximate surface area is 215 Å². The van der Waals surface area contributed by atoms with Crippen molar-refractivity contribution in [1.29, 1.82) is 0 Å². The summed E-state index contributed by atoms with van der Waals surface area (Å²) in [5.41, 5.74) is 0.298. The van der Waals surface area contributed by atoms with Gasteiger partial charge in [0.05, 0.1) is 12.0 Å². The second kappa shape index (κ2) is 10.7. The van der Waals surface area contributed by atoms with Crippen molar-refractivity contribution in [3.05, 3.63) is 77.9 Å². The van der Waals surface area contributed by atoms with Crippen LogP contribution in [0.5, 0.6) is 5.75 Å². The maximum Gasteiger partial charge on any atom is 0.433 e. The van der Waals surface area contributed by atoms with Crippen molar-refractivity contribution >= 4 is 15.9 Å². The molecule has 0 bridgehead atoms. The molecular formula is C25H22F5N3O4S. The standard InChI is InChI=1S/C25H22F5N3O4S/c1-37-20-9-15(8-17(10-20)16-2-7-23(31-13-16)25(28,29)30)12-32-24(34)22-11-19(27)14-33(22)38(35,36)21-5-3-18(26)4-6-21/h2-10,13,19,22H,11-12,14H2,1H3,(H,32,34). The van der Waals surface area contributed by atoms with E-state index in [1.807, 2.05) is 0 Å². The van der Waals surface area contributed by atoms with Crippen LogP contribution in [0.25, 0.3) is 11.1 Å². The molecule has 2 heterocycles. The summed E-state index contributed by atoms with van der Waals surface area (Å²) in [5.74, 6) is -1.03. The number of hydrogen-bond donors (Lipinski definition) is 1. The number of rotatable bonds is 7. The topological polar surface area (TPSA) is 88.6 Å². The number of nitrogens with zero attached hydrogens (tertiary/aromatic N) is 2. The number of methoxy groups -OCH3 is 1.